The third-order valence-corrected chi connectivity index (χ3v) is 9.63. The zero-order valence-electron chi connectivity index (χ0n) is 29.2. The molecular formula is C32H42B3N3O13. The van der Waals surface area contributed by atoms with Gasteiger partial charge in [0.05, 0.1) is 54.5 Å². The zero-order valence-corrected chi connectivity index (χ0v) is 29.2. The van der Waals surface area contributed by atoms with Crippen LogP contribution < -0.4 is 9.96 Å². The highest BCUT2D eigenvalue weighted by Gasteiger charge is 2.51. The molecule has 19 heteroatoms. The van der Waals surface area contributed by atoms with Crippen molar-refractivity contribution in [2.45, 2.75) is 89.8 Å². The average Bonchev–Trinajstić information content (AvgIpc) is 3.04. The van der Waals surface area contributed by atoms with Crippen molar-refractivity contribution in [3.63, 3.8) is 0 Å². The molecule has 2 aromatic rings. The van der Waals surface area contributed by atoms with Gasteiger partial charge in [0.2, 0.25) is 5.78 Å². The van der Waals surface area contributed by atoms with Crippen LogP contribution in [0.4, 0.5) is 0 Å². The smallest absolute Gasteiger partial charge is 0.429 e. The molecule has 1 saturated heterocycles. The molecule has 0 unspecified atom stereocenters. The lowest BCUT2D eigenvalue weighted by molar-refractivity contribution is -0.248. The Labute approximate surface area is 295 Å². The minimum absolute atomic E-state index is 0.0426. The van der Waals surface area contributed by atoms with Gasteiger partial charge in [-0.3, -0.25) is 19.3 Å². The molecule has 16 nitrogen and oxygen atoms in total. The van der Waals surface area contributed by atoms with Crippen LogP contribution in [0, 0.1) is 0 Å². The number of rotatable bonds is 10. The molecule has 8 N–H and O–H groups in total. The monoisotopic (exact) mass is 709 g/mol. The molecule has 51 heavy (non-hydrogen) atoms. The van der Waals surface area contributed by atoms with Crippen LogP contribution in [0.15, 0.2) is 23.1 Å². The van der Waals surface area contributed by atoms with E-state index in [4.69, 9.17) is 14.2 Å². The molecule has 1 aliphatic heterocycles. The molecular weight excluding hydrogens is 667 g/mol. The number of aliphatic hydroxyl groups excluding tert-OH is 1. The number of carbonyl (C=O) groups is 3. The minimum Gasteiger partial charge on any atom is -0.507 e. The lowest BCUT2D eigenvalue weighted by Gasteiger charge is -2.43. The second-order valence-electron chi connectivity index (χ2n) is 13.4. The second kappa shape index (κ2) is 14.7. The standard InChI is InChI=1S/C32H42B3N3O13/c1-14-27(40)18(37-34(4)47)10-22(50-14)51-20-12-32(45,21(39)13-38(35(5)48)15(2)36-33(3)46)11-17-24(20)31(44)26-25(29(17)42)28(41)16-8-7-9-19(49-6)23(16)30(26)43/h7-9,14,18,20,22,27,37,40,42,44-48H,10-13H2,1-6H3/t14-,18-,20-,22-,27+,32-/m0/s1. The molecule has 2 aliphatic carbocycles. The van der Waals surface area contributed by atoms with Crippen LogP contribution in [0.3, 0.4) is 0 Å². The summed E-state index contributed by atoms with van der Waals surface area (Å²) in [5.74, 6) is -3.77. The molecule has 6 atom stereocenters. The van der Waals surface area contributed by atoms with Gasteiger partial charge in [-0.25, -0.2) is 0 Å². The number of aliphatic hydroxyl groups is 2. The molecule has 0 radical (unpaired) electrons. The summed E-state index contributed by atoms with van der Waals surface area (Å²) in [4.78, 5) is 47.0. The number of nitrogens with one attached hydrogen (secondary N) is 1. The van der Waals surface area contributed by atoms with E-state index in [1.807, 2.05) is 0 Å². The van der Waals surface area contributed by atoms with Crippen LogP contribution in [0.1, 0.15) is 75.8 Å². The van der Waals surface area contributed by atoms with Crippen molar-refractivity contribution < 1.29 is 64.1 Å². The molecule has 272 valence electrons. The lowest BCUT2D eigenvalue weighted by Crippen LogP contribution is -2.57. The predicted octanol–water partition coefficient (Wildman–Crippen LogP) is -0.309. The van der Waals surface area contributed by atoms with Crippen molar-refractivity contribution in [1.29, 1.82) is 0 Å². The number of phenols is 2. The molecule has 1 heterocycles. The number of aromatic hydroxyl groups is 2. The van der Waals surface area contributed by atoms with Crippen LogP contribution in [0.25, 0.3) is 0 Å². The summed E-state index contributed by atoms with van der Waals surface area (Å²) in [6.45, 7) is 6.62. The number of phenolic OH excluding ortho intramolecular Hbond substituents is 2. The van der Waals surface area contributed by atoms with Crippen molar-refractivity contribution >= 4 is 44.3 Å². The van der Waals surface area contributed by atoms with Crippen LogP contribution in [-0.2, 0) is 20.7 Å². The number of amidine groups is 1. The fourth-order valence-corrected chi connectivity index (χ4v) is 7.21. The van der Waals surface area contributed by atoms with Gasteiger partial charge in [0.15, 0.2) is 17.9 Å². The lowest BCUT2D eigenvalue weighted by atomic mass is 9.71. The number of nitrogens with zero attached hydrogens (tertiary/aromatic N) is 2. The molecule has 1 fully saturated rings. The Bertz CT molecular complexity index is 1760. The van der Waals surface area contributed by atoms with E-state index in [1.165, 1.54) is 52.7 Å². The summed E-state index contributed by atoms with van der Waals surface area (Å²) in [6, 6.07) is 3.60. The Morgan fingerprint density at radius 2 is 1.76 bits per heavy atom. The summed E-state index contributed by atoms with van der Waals surface area (Å²) in [7, 11) is -2.14. The largest absolute Gasteiger partial charge is 0.507 e. The maximum absolute atomic E-state index is 14.0. The highest BCUT2D eigenvalue weighted by atomic mass is 16.7. The summed E-state index contributed by atoms with van der Waals surface area (Å²) in [6.07, 6.45) is -5.72. The highest BCUT2D eigenvalue weighted by Crippen LogP contribution is 2.52. The normalized spacial score (nSPS) is 25.8. The maximum atomic E-state index is 14.0. The van der Waals surface area contributed by atoms with E-state index in [2.05, 4.69) is 10.1 Å². The van der Waals surface area contributed by atoms with Gasteiger partial charge < -0.3 is 59.7 Å². The van der Waals surface area contributed by atoms with Crippen molar-refractivity contribution in [2.75, 3.05) is 13.7 Å². The highest BCUT2D eigenvalue weighted by molar-refractivity contribution is 6.52. The predicted molar refractivity (Wildman–Crippen MR) is 185 cm³/mol. The number of carbonyl (C=O) groups excluding carboxylic acids is 3. The van der Waals surface area contributed by atoms with E-state index < -0.39 is 117 Å². The van der Waals surface area contributed by atoms with E-state index >= 15 is 0 Å². The molecule has 3 aliphatic rings. The number of ketones is 3. The van der Waals surface area contributed by atoms with Crippen molar-refractivity contribution in [2.24, 2.45) is 4.90 Å². The summed E-state index contributed by atoms with van der Waals surface area (Å²) < 4.78 is 17.5. The number of fused-ring (bicyclic) bond motifs is 3. The first-order valence-corrected chi connectivity index (χ1v) is 16.6. The quantitative estimate of drug-likeness (QED) is 0.0582. The van der Waals surface area contributed by atoms with Crippen molar-refractivity contribution in [1.82, 2.24) is 10.0 Å². The SMILES string of the molecule is COc1cccc2c1C(=O)c1c(O)c3c(c(O)c1C2=O)C[C@@](O)(C(=O)CN(B(C)O)C(C)=NB(C)O)C[C@@H]3O[C@H]1C[C@H](NB(C)O)[C@H](O)[C@H](C)O1. The van der Waals surface area contributed by atoms with Gasteiger partial charge in [-0.2, -0.15) is 0 Å². The first-order chi connectivity index (χ1) is 23.9. The van der Waals surface area contributed by atoms with Gasteiger partial charge in [-0.1, -0.05) is 12.1 Å². The summed E-state index contributed by atoms with van der Waals surface area (Å²) in [5, 5.41) is 79.4. The summed E-state index contributed by atoms with van der Waals surface area (Å²) >= 11 is 0. The maximum Gasteiger partial charge on any atom is 0.429 e. The molecule has 2 aromatic carbocycles. The fourth-order valence-electron chi connectivity index (χ4n) is 7.21. The van der Waals surface area contributed by atoms with Gasteiger partial charge in [0.1, 0.15) is 22.8 Å². The van der Waals surface area contributed by atoms with Crippen molar-refractivity contribution in [3.05, 3.63) is 51.6 Å². The zero-order chi connectivity index (χ0) is 37.7. The fraction of sp³-hybridized carbons (Fsp3) is 0.500. The number of hydrogen-bond donors (Lipinski definition) is 8. The Balaban J connectivity index is 1.64. The Hall–Kier alpha value is -3.81. The van der Waals surface area contributed by atoms with E-state index in [-0.39, 0.29) is 40.3 Å². The molecule has 5 rings (SSSR count). The number of methoxy groups -OCH3 is 1. The van der Waals surface area contributed by atoms with E-state index in [1.54, 1.807) is 6.92 Å². The first-order valence-electron chi connectivity index (χ1n) is 16.6. The third-order valence-electron chi connectivity index (χ3n) is 9.63. The summed E-state index contributed by atoms with van der Waals surface area (Å²) in [5.41, 5.74) is -3.98. The molecule has 0 bridgehead atoms. The van der Waals surface area contributed by atoms with E-state index in [9.17, 15) is 49.9 Å². The molecule has 0 saturated carbocycles. The van der Waals surface area contributed by atoms with Gasteiger partial charge in [0.25, 0.3) is 0 Å². The van der Waals surface area contributed by atoms with Gasteiger partial charge in [-0.15, -0.1) is 0 Å². The number of Topliss-reactive ketones (excluding diaryl/α,β-unsaturated/α-hetero) is 1. The van der Waals surface area contributed by atoms with Crippen LogP contribution in [-0.4, -0.2) is 128 Å². The molecule has 0 amide bonds. The number of ether oxygens (including phenoxy) is 3. The minimum atomic E-state index is -2.35. The third kappa shape index (κ3) is 7.17. The second-order valence-corrected chi connectivity index (χ2v) is 13.4. The Morgan fingerprint density at radius 1 is 1.10 bits per heavy atom. The van der Waals surface area contributed by atoms with Gasteiger partial charge >= 0.3 is 21.2 Å². The topological polar surface area (TPSA) is 248 Å². The van der Waals surface area contributed by atoms with Crippen LogP contribution in [0.5, 0.6) is 17.2 Å². The first kappa shape index (κ1) is 38.4. The average molecular weight is 709 g/mol. The molecule has 0 spiro atoms. The van der Waals surface area contributed by atoms with Gasteiger partial charge in [-0.05, 0) is 40.4 Å². The van der Waals surface area contributed by atoms with Gasteiger partial charge in [0, 0.05) is 42.0 Å². The number of benzene rings is 2. The Morgan fingerprint density at radius 3 is 2.37 bits per heavy atom. The Kier molecular flexibility index (Phi) is 11.1. The van der Waals surface area contributed by atoms with Crippen LogP contribution >= 0.6 is 0 Å². The van der Waals surface area contributed by atoms with E-state index in [0.29, 0.717) is 0 Å². The van der Waals surface area contributed by atoms with Crippen molar-refractivity contribution in [3.8, 4) is 17.2 Å². The van der Waals surface area contributed by atoms with E-state index in [0.717, 1.165) is 4.81 Å². The number of hydrogen-bond acceptors (Lipinski definition) is 15. The van der Waals surface area contributed by atoms with Crippen LogP contribution in [0.2, 0.25) is 20.5 Å². The molecule has 0 aromatic heterocycles.